The van der Waals surface area contributed by atoms with E-state index in [0.29, 0.717) is 18.2 Å². The maximum atomic E-state index is 11.7. The zero-order valence-corrected chi connectivity index (χ0v) is 13.2. The van der Waals surface area contributed by atoms with E-state index in [2.05, 4.69) is 18.8 Å². The van der Waals surface area contributed by atoms with Crippen molar-refractivity contribution in [2.24, 2.45) is 5.92 Å². The van der Waals surface area contributed by atoms with Gasteiger partial charge in [0, 0.05) is 25.4 Å². The number of nitrogens with zero attached hydrogens (tertiary/aromatic N) is 1. The van der Waals surface area contributed by atoms with Crippen molar-refractivity contribution in [3.63, 3.8) is 0 Å². The maximum Gasteiger partial charge on any atom is 0.223 e. The second-order valence-corrected chi connectivity index (χ2v) is 5.91. The second kappa shape index (κ2) is 10.9. The second-order valence-electron chi connectivity index (χ2n) is 5.91. The SMILES string of the molecule is C=CC1CC(=O)N(CCCNCCCCCCCC)C1. The zero-order valence-electron chi connectivity index (χ0n) is 13.2. The van der Waals surface area contributed by atoms with Crippen LogP contribution in [0.4, 0.5) is 0 Å². The van der Waals surface area contributed by atoms with E-state index in [9.17, 15) is 4.79 Å². The van der Waals surface area contributed by atoms with E-state index in [1.807, 2.05) is 11.0 Å². The van der Waals surface area contributed by atoms with Crippen LogP contribution in [0.15, 0.2) is 12.7 Å². The molecule has 1 fully saturated rings. The van der Waals surface area contributed by atoms with Crippen molar-refractivity contribution in [3.8, 4) is 0 Å². The van der Waals surface area contributed by atoms with Gasteiger partial charge in [0.2, 0.25) is 5.91 Å². The molecule has 0 aromatic rings. The van der Waals surface area contributed by atoms with E-state index in [1.54, 1.807) is 0 Å². The molecule has 20 heavy (non-hydrogen) atoms. The molecule has 1 unspecified atom stereocenters. The average molecular weight is 280 g/mol. The molecule has 1 saturated heterocycles. The predicted molar refractivity (Wildman–Crippen MR) is 85.7 cm³/mol. The van der Waals surface area contributed by atoms with Crippen LogP contribution in [-0.4, -0.2) is 37.0 Å². The van der Waals surface area contributed by atoms with Gasteiger partial charge in [0.05, 0.1) is 0 Å². The molecule has 3 nitrogen and oxygen atoms in total. The third-order valence-electron chi connectivity index (χ3n) is 4.07. The Bertz CT molecular complexity index is 278. The highest BCUT2D eigenvalue weighted by Crippen LogP contribution is 2.18. The molecule has 1 amide bonds. The molecule has 0 saturated carbocycles. The zero-order chi connectivity index (χ0) is 14.6. The van der Waals surface area contributed by atoms with E-state index < -0.39 is 0 Å². The quantitative estimate of drug-likeness (QED) is 0.439. The molecular formula is C17H32N2O. The molecule has 0 aromatic carbocycles. The van der Waals surface area contributed by atoms with Gasteiger partial charge in [-0.3, -0.25) is 4.79 Å². The number of unbranched alkanes of at least 4 members (excludes halogenated alkanes) is 5. The summed E-state index contributed by atoms with van der Waals surface area (Å²) in [4.78, 5) is 13.7. The van der Waals surface area contributed by atoms with Crippen LogP contribution in [0.25, 0.3) is 0 Å². The third-order valence-corrected chi connectivity index (χ3v) is 4.07. The summed E-state index contributed by atoms with van der Waals surface area (Å²) in [6.07, 6.45) is 11.7. The van der Waals surface area contributed by atoms with E-state index in [1.165, 1.54) is 38.5 Å². The van der Waals surface area contributed by atoms with Gasteiger partial charge < -0.3 is 10.2 Å². The van der Waals surface area contributed by atoms with Crippen LogP contribution in [0.1, 0.15) is 58.3 Å². The molecule has 1 N–H and O–H groups in total. The summed E-state index contributed by atoms with van der Waals surface area (Å²) in [6, 6.07) is 0. The number of hydrogen-bond donors (Lipinski definition) is 1. The third kappa shape index (κ3) is 7.09. The molecule has 1 aliphatic heterocycles. The number of carbonyl (C=O) groups excluding carboxylic acids is 1. The summed E-state index contributed by atoms with van der Waals surface area (Å²) in [5.74, 6) is 0.671. The number of likely N-dealkylation sites (tertiary alicyclic amines) is 1. The molecule has 0 aliphatic carbocycles. The summed E-state index contributed by atoms with van der Waals surface area (Å²) in [5, 5.41) is 3.48. The fraction of sp³-hybridized carbons (Fsp3) is 0.824. The van der Waals surface area contributed by atoms with Crippen molar-refractivity contribution in [2.45, 2.75) is 58.3 Å². The van der Waals surface area contributed by atoms with Gasteiger partial charge in [-0.1, -0.05) is 45.1 Å². The fourth-order valence-corrected chi connectivity index (χ4v) is 2.73. The van der Waals surface area contributed by atoms with Crippen LogP contribution in [0.3, 0.4) is 0 Å². The number of nitrogens with one attached hydrogen (secondary N) is 1. The lowest BCUT2D eigenvalue weighted by atomic mass is 10.1. The first-order valence-electron chi connectivity index (χ1n) is 8.39. The molecule has 0 aromatic heterocycles. The van der Waals surface area contributed by atoms with Gasteiger partial charge in [-0.25, -0.2) is 0 Å². The van der Waals surface area contributed by atoms with Crippen molar-refractivity contribution in [3.05, 3.63) is 12.7 Å². The van der Waals surface area contributed by atoms with Gasteiger partial charge in [0.1, 0.15) is 0 Å². The summed E-state index contributed by atoms with van der Waals surface area (Å²) in [5.41, 5.74) is 0. The highest BCUT2D eigenvalue weighted by atomic mass is 16.2. The molecule has 1 atom stereocenters. The van der Waals surface area contributed by atoms with Crippen LogP contribution in [0.5, 0.6) is 0 Å². The van der Waals surface area contributed by atoms with E-state index in [0.717, 1.165) is 32.6 Å². The Balaban J connectivity index is 1.87. The monoisotopic (exact) mass is 280 g/mol. The van der Waals surface area contributed by atoms with Crippen LogP contribution in [0.2, 0.25) is 0 Å². The largest absolute Gasteiger partial charge is 0.342 e. The van der Waals surface area contributed by atoms with E-state index >= 15 is 0 Å². The Hall–Kier alpha value is -0.830. The molecule has 116 valence electrons. The van der Waals surface area contributed by atoms with Gasteiger partial charge in [0.15, 0.2) is 0 Å². The highest BCUT2D eigenvalue weighted by Gasteiger charge is 2.26. The van der Waals surface area contributed by atoms with E-state index in [4.69, 9.17) is 0 Å². The fourth-order valence-electron chi connectivity index (χ4n) is 2.73. The molecule has 1 rings (SSSR count). The normalized spacial score (nSPS) is 18.8. The maximum absolute atomic E-state index is 11.7. The Morgan fingerprint density at radius 3 is 2.60 bits per heavy atom. The Kier molecular flexibility index (Phi) is 9.38. The summed E-state index contributed by atoms with van der Waals surface area (Å²) in [6.45, 7) is 9.95. The Morgan fingerprint density at radius 1 is 1.20 bits per heavy atom. The summed E-state index contributed by atoms with van der Waals surface area (Å²) in [7, 11) is 0. The lowest BCUT2D eigenvalue weighted by molar-refractivity contribution is -0.127. The Morgan fingerprint density at radius 2 is 1.90 bits per heavy atom. The first-order valence-corrected chi connectivity index (χ1v) is 8.39. The smallest absolute Gasteiger partial charge is 0.223 e. The predicted octanol–water partition coefficient (Wildman–Crippen LogP) is 3.36. The first-order chi connectivity index (χ1) is 9.77. The number of rotatable bonds is 12. The van der Waals surface area contributed by atoms with Crippen molar-refractivity contribution < 1.29 is 4.79 Å². The van der Waals surface area contributed by atoms with Crippen molar-refractivity contribution in [2.75, 3.05) is 26.2 Å². The molecule has 0 bridgehead atoms. The van der Waals surface area contributed by atoms with E-state index in [-0.39, 0.29) is 0 Å². The van der Waals surface area contributed by atoms with Crippen LogP contribution in [-0.2, 0) is 4.79 Å². The number of amides is 1. The van der Waals surface area contributed by atoms with Gasteiger partial charge >= 0.3 is 0 Å². The molecule has 1 heterocycles. The Labute approximate surface area is 124 Å². The molecular weight excluding hydrogens is 248 g/mol. The average Bonchev–Trinajstić information content (AvgIpc) is 2.81. The van der Waals surface area contributed by atoms with Gasteiger partial charge in [-0.15, -0.1) is 6.58 Å². The van der Waals surface area contributed by atoms with Gasteiger partial charge in [-0.2, -0.15) is 0 Å². The van der Waals surface area contributed by atoms with Crippen LogP contribution >= 0.6 is 0 Å². The summed E-state index contributed by atoms with van der Waals surface area (Å²) < 4.78 is 0. The number of hydrogen-bond acceptors (Lipinski definition) is 2. The van der Waals surface area contributed by atoms with Gasteiger partial charge in [0.25, 0.3) is 0 Å². The highest BCUT2D eigenvalue weighted by molar-refractivity contribution is 5.78. The first kappa shape index (κ1) is 17.2. The van der Waals surface area contributed by atoms with Crippen molar-refractivity contribution >= 4 is 5.91 Å². The minimum absolute atomic E-state index is 0.297. The van der Waals surface area contributed by atoms with Crippen molar-refractivity contribution in [1.82, 2.24) is 10.2 Å². The lowest BCUT2D eigenvalue weighted by Gasteiger charge is -2.16. The molecule has 1 aliphatic rings. The molecule has 3 heteroatoms. The summed E-state index contributed by atoms with van der Waals surface area (Å²) >= 11 is 0. The van der Waals surface area contributed by atoms with Crippen LogP contribution in [0, 0.1) is 5.92 Å². The van der Waals surface area contributed by atoms with Crippen molar-refractivity contribution in [1.29, 1.82) is 0 Å². The minimum atomic E-state index is 0.297. The lowest BCUT2D eigenvalue weighted by Crippen LogP contribution is -2.29. The van der Waals surface area contributed by atoms with Crippen LogP contribution < -0.4 is 5.32 Å². The minimum Gasteiger partial charge on any atom is -0.342 e. The molecule has 0 radical (unpaired) electrons. The topological polar surface area (TPSA) is 32.3 Å². The number of carbonyl (C=O) groups is 1. The van der Waals surface area contributed by atoms with Gasteiger partial charge in [-0.05, 0) is 25.9 Å². The standard InChI is InChI=1S/C17H32N2O/c1-3-5-6-7-8-9-11-18-12-10-13-19-15-16(4-2)14-17(19)20/h4,16,18H,2-3,5-15H2,1H3. The molecule has 0 spiro atoms.